The molecule has 0 atom stereocenters. The number of halogens is 1. The normalized spacial score (nSPS) is 16.3. The Bertz CT molecular complexity index is 442. The molecule has 1 aromatic carbocycles. The van der Waals surface area contributed by atoms with E-state index in [1.54, 1.807) is 0 Å². The summed E-state index contributed by atoms with van der Waals surface area (Å²) in [5.41, 5.74) is 2.03. The van der Waals surface area contributed by atoms with Crippen LogP contribution in [-0.2, 0) is 4.79 Å². The Balaban J connectivity index is 1.78. The van der Waals surface area contributed by atoms with Crippen LogP contribution in [0.4, 0.5) is 5.69 Å². The third-order valence-electron chi connectivity index (χ3n) is 3.56. The second-order valence-corrected chi connectivity index (χ2v) is 6.02. The quantitative estimate of drug-likeness (QED) is 0.918. The van der Waals surface area contributed by atoms with E-state index in [1.807, 2.05) is 25.1 Å². The number of rotatable bonds is 4. The van der Waals surface area contributed by atoms with Crippen molar-refractivity contribution in [3.8, 4) is 0 Å². The van der Waals surface area contributed by atoms with Crippen molar-refractivity contribution < 1.29 is 4.79 Å². The van der Waals surface area contributed by atoms with Crippen LogP contribution in [0.5, 0.6) is 0 Å². The lowest BCUT2D eigenvalue weighted by Gasteiger charge is -2.25. The molecule has 4 heteroatoms. The van der Waals surface area contributed by atoms with Gasteiger partial charge in [-0.2, -0.15) is 0 Å². The average molecular weight is 325 g/mol. The summed E-state index contributed by atoms with van der Waals surface area (Å²) < 4.78 is 1.03. The highest BCUT2D eigenvalue weighted by Gasteiger charge is 2.11. The molecule has 1 heterocycles. The first-order valence-corrected chi connectivity index (χ1v) is 7.73. The molecule has 1 amide bonds. The molecule has 0 aromatic heterocycles. The summed E-state index contributed by atoms with van der Waals surface area (Å²) in [6.07, 6.45) is 4.45. The number of carbonyl (C=O) groups is 1. The molecule has 1 N–H and O–H groups in total. The van der Waals surface area contributed by atoms with Gasteiger partial charge in [0.2, 0.25) is 5.91 Å². The molecule has 2 rings (SSSR count). The fourth-order valence-corrected chi connectivity index (χ4v) is 2.72. The number of anilines is 1. The van der Waals surface area contributed by atoms with Gasteiger partial charge in [0.25, 0.3) is 0 Å². The SMILES string of the molecule is Cc1ccc(NC(=O)CCN2CCCCC2)cc1Br. The molecule has 0 bridgehead atoms. The van der Waals surface area contributed by atoms with Gasteiger partial charge in [-0.25, -0.2) is 0 Å². The largest absolute Gasteiger partial charge is 0.326 e. The van der Waals surface area contributed by atoms with Crippen LogP contribution in [0.2, 0.25) is 0 Å². The molecule has 1 fully saturated rings. The maximum atomic E-state index is 11.9. The Kier molecular flexibility index (Phi) is 5.40. The Labute approximate surface area is 123 Å². The van der Waals surface area contributed by atoms with Gasteiger partial charge in [-0.1, -0.05) is 28.4 Å². The minimum absolute atomic E-state index is 0.0985. The maximum Gasteiger partial charge on any atom is 0.225 e. The van der Waals surface area contributed by atoms with Crippen molar-refractivity contribution in [1.29, 1.82) is 0 Å². The Hall–Kier alpha value is -0.870. The molecule has 0 unspecified atom stereocenters. The van der Waals surface area contributed by atoms with Gasteiger partial charge in [-0.05, 0) is 50.6 Å². The molecule has 104 valence electrons. The predicted octanol–water partition coefficient (Wildman–Crippen LogP) is 3.57. The van der Waals surface area contributed by atoms with Crippen LogP contribution in [0.1, 0.15) is 31.2 Å². The molecule has 3 nitrogen and oxygen atoms in total. The highest BCUT2D eigenvalue weighted by atomic mass is 79.9. The summed E-state index contributed by atoms with van der Waals surface area (Å²) in [4.78, 5) is 14.3. The van der Waals surface area contributed by atoms with E-state index in [0.717, 1.165) is 29.8 Å². The summed E-state index contributed by atoms with van der Waals surface area (Å²) in [6, 6.07) is 5.90. The van der Waals surface area contributed by atoms with Crippen molar-refractivity contribution in [3.63, 3.8) is 0 Å². The zero-order valence-electron chi connectivity index (χ0n) is 11.4. The van der Waals surface area contributed by atoms with Crippen molar-refractivity contribution in [2.75, 3.05) is 25.0 Å². The highest BCUT2D eigenvalue weighted by molar-refractivity contribution is 9.10. The van der Waals surface area contributed by atoms with Gasteiger partial charge < -0.3 is 10.2 Å². The fraction of sp³-hybridized carbons (Fsp3) is 0.533. The number of hydrogen-bond donors (Lipinski definition) is 1. The van der Waals surface area contributed by atoms with E-state index in [-0.39, 0.29) is 5.91 Å². The van der Waals surface area contributed by atoms with Crippen molar-refractivity contribution in [3.05, 3.63) is 28.2 Å². The molecule has 1 aliphatic heterocycles. The number of benzene rings is 1. The molecule has 0 radical (unpaired) electrons. The average Bonchev–Trinajstić information content (AvgIpc) is 2.42. The van der Waals surface area contributed by atoms with Crippen LogP contribution in [0.25, 0.3) is 0 Å². The first-order chi connectivity index (χ1) is 9.15. The lowest BCUT2D eigenvalue weighted by molar-refractivity contribution is -0.116. The molecule has 0 aliphatic carbocycles. The third-order valence-corrected chi connectivity index (χ3v) is 4.41. The monoisotopic (exact) mass is 324 g/mol. The van der Waals surface area contributed by atoms with Gasteiger partial charge >= 0.3 is 0 Å². The fourth-order valence-electron chi connectivity index (χ4n) is 2.34. The summed E-state index contributed by atoms with van der Waals surface area (Å²) in [5.74, 6) is 0.0985. The predicted molar refractivity (Wildman–Crippen MR) is 82.4 cm³/mol. The third kappa shape index (κ3) is 4.62. The van der Waals surface area contributed by atoms with Crippen LogP contribution < -0.4 is 5.32 Å². The van der Waals surface area contributed by atoms with Crippen LogP contribution in [0.3, 0.4) is 0 Å². The summed E-state index contributed by atoms with van der Waals surface area (Å²) in [6.45, 7) is 5.19. The lowest BCUT2D eigenvalue weighted by atomic mass is 10.1. The topological polar surface area (TPSA) is 32.3 Å². The molecule has 1 aromatic rings. The zero-order chi connectivity index (χ0) is 13.7. The van der Waals surface area contributed by atoms with Crippen molar-refractivity contribution >= 4 is 27.5 Å². The van der Waals surface area contributed by atoms with Crippen molar-refractivity contribution in [2.45, 2.75) is 32.6 Å². The molecule has 0 spiro atoms. The van der Waals surface area contributed by atoms with Gasteiger partial charge in [-0.15, -0.1) is 0 Å². The molecule has 1 aliphatic rings. The minimum Gasteiger partial charge on any atom is -0.326 e. The molecular formula is C15H21BrN2O. The van der Waals surface area contributed by atoms with Gasteiger partial charge in [0.05, 0.1) is 0 Å². The lowest BCUT2D eigenvalue weighted by Crippen LogP contribution is -2.32. The van der Waals surface area contributed by atoms with Gasteiger partial charge in [0.15, 0.2) is 0 Å². The van der Waals surface area contributed by atoms with Crippen LogP contribution in [-0.4, -0.2) is 30.4 Å². The summed E-state index contributed by atoms with van der Waals surface area (Å²) in [5, 5.41) is 2.95. The summed E-state index contributed by atoms with van der Waals surface area (Å²) in [7, 11) is 0. The maximum absolute atomic E-state index is 11.9. The number of hydrogen-bond acceptors (Lipinski definition) is 2. The van der Waals surface area contributed by atoms with Crippen molar-refractivity contribution in [2.24, 2.45) is 0 Å². The van der Waals surface area contributed by atoms with E-state index in [9.17, 15) is 4.79 Å². The first kappa shape index (κ1) is 14.5. The van der Waals surface area contributed by atoms with Crippen molar-refractivity contribution in [1.82, 2.24) is 4.90 Å². The van der Waals surface area contributed by atoms with E-state index in [1.165, 1.54) is 24.8 Å². The van der Waals surface area contributed by atoms with E-state index in [2.05, 4.69) is 26.1 Å². The van der Waals surface area contributed by atoms with Crippen LogP contribution >= 0.6 is 15.9 Å². The van der Waals surface area contributed by atoms with Gasteiger partial charge in [0, 0.05) is 23.1 Å². The van der Waals surface area contributed by atoms with E-state index < -0.39 is 0 Å². The number of amides is 1. The van der Waals surface area contributed by atoms with E-state index >= 15 is 0 Å². The second kappa shape index (κ2) is 7.06. The smallest absolute Gasteiger partial charge is 0.225 e. The standard InChI is InChI=1S/C15H21BrN2O/c1-12-5-6-13(11-14(12)16)17-15(19)7-10-18-8-3-2-4-9-18/h5-6,11H,2-4,7-10H2,1H3,(H,17,19). The molecule has 0 saturated carbocycles. The molecular weight excluding hydrogens is 304 g/mol. The summed E-state index contributed by atoms with van der Waals surface area (Å²) >= 11 is 3.48. The number of nitrogens with zero attached hydrogens (tertiary/aromatic N) is 1. The number of nitrogens with one attached hydrogen (secondary N) is 1. The Morgan fingerprint density at radius 1 is 1.32 bits per heavy atom. The number of aryl methyl sites for hydroxylation is 1. The molecule has 19 heavy (non-hydrogen) atoms. The van der Waals surface area contributed by atoms with Crippen LogP contribution in [0.15, 0.2) is 22.7 Å². The van der Waals surface area contributed by atoms with Crippen LogP contribution in [0, 0.1) is 6.92 Å². The number of likely N-dealkylation sites (tertiary alicyclic amines) is 1. The second-order valence-electron chi connectivity index (χ2n) is 5.16. The van der Waals surface area contributed by atoms with E-state index in [0.29, 0.717) is 6.42 Å². The van der Waals surface area contributed by atoms with Gasteiger partial charge in [-0.3, -0.25) is 4.79 Å². The number of carbonyl (C=O) groups excluding carboxylic acids is 1. The van der Waals surface area contributed by atoms with Gasteiger partial charge in [0.1, 0.15) is 0 Å². The molecule has 1 saturated heterocycles. The minimum atomic E-state index is 0.0985. The number of piperidine rings is 1. The Morgan fingerprint density at radius 2 is 2.05 bits per heavy atom. The highest BCUT2D eigenvalue weighted by Crippen LogP contribution is 2.20. The first-order valence-electron chi connectivity index (χ1n) is 6.93. The Morgan fingerprint density at radius 3 is 2.74 bits per heavy atom. The van der Waals surface area contributed by atoms with E-state index in [4.69, 9.17) is 0 Å². The zero-order valence-corrected chi connectivity index (χ0v) is 13.0.